The van der Waals surface area contributed by atoms with Gasteiger partial charge in [-0.05, 0) is 17.4 Å². The number of hydrogen-bond donors (Lipinski definition) is 0. The summed E-state index contributed by atoms with van der Waals surface area (Å²) in [5.74, 6) is 0. The van der Waals surface area contributed by atoms with E-state index in [1.807, 2.05) is 24.3 Å². The number of hydrogen-bond acceptors (Lipinski definition) is 0. The van der Waals surface area contributed by atoms with E-state index in [1.165, 1.54) is 0 Å². The van der Waals surface area contributed by atoms with E-state index in [9.17, 15) is 0 Å². The van der Waals surface area contributed by atoms with E-state index >= 15 is 0 Å². The Morgan fingerprint density at radius 2 is 2.00 bits per heavy atom. The van der Waals surface area contributed by atoms with Crippen LogP contribution in [0.1, 0.15) is 0 Å². The molecule has 1 aromatic rings. The predicted molar refractivity (Wildman–Crippen MR) is 48.0 cm³/mol. The highest BCUT2D eigenvalue weighted by Crippen LogP contribution is 2.04. The van der Waals surface area contributed by atoms with Crippen molar-refractivity contribution < 1.29 is 0 Å². The second-order valence-corrected chi connectivity index (χ2v) is 2.66. The normalized spacial score (nSPS) is 8.22. The molecule has 0 aromatic heterocycles. The maximum atomic E-state index is 5.63. The zero-order valence-electron chi connectivity index (χ0n) is 4.67. The number of halogens is 2. The Morgan fingerprint density at radius 1 is 1.33 bits per heavy atom. The van der Waals surface area contributed by atoms with Crippen molar-refractivity contribution in [2.24, 2.45) is 0 Å². The first-order valence-corrected chi connectivity index (χ1v) is 3.25. The molecule has 9 heavy (non-hydrogen) atoms. The molecule has 0 amide bonds. The third-order valence-corrected chi connectivity index (χ3v) is 1.44. The minimum absolute atomic E-state index is 0. The molecule has 0 heterocycles. The van der Waals surface area contributed by atoms with E-state index < -0.39 is 0 Å². The van der Waals surface area contributed by atoms with Gasteiger partial charge in [0.1, 0.15) is 0 Å². The molecular weight excluding hydrogens is 174 g/mol. The molecule has 0 radical (unpaired) electrons. The molecule has 1 atom stereocenters. The smallest absolute Gasteiger partial charge is 0.0412 e. The van der Waals surface area contributed by atoms with Gasteiger partial charge in [0.25, 0.3) is 0 Å². The molecule has 0 fully saturated rings. The highest BCUT2D eigenvalue weighted by molar-refractivity contribution is 7.27. The van der Waals surface area contributed by atoms with E-state index in [2.05, 4.69) is 9.24 Å². The van der Waals surface area contributed by atoms with Gasteiger partial charge in [-0.15, -0.1) is 21.6 Å². The predicted octanol–water partition coefficient (Wildman–Crippen LogP) is 2.26. The Bertz CT molecular complexity index is 171. The standard InChI is InChI=1S/C6H6ClP.ClH/c7-5-2-1-3-6(8)4-5;/h1-4H,8H2;1H. The summed E-state index contributed by atoms with van der Waals surface area (Å²) in [7, 11) is 2.58. The van der Waals surface area contributed by atoms with Crippen molar-refractivity contribution in [3.05, 3.63) is 29.3 Å². The minimum atomic E-state index is 0. The molecular formula is C6H7Cl2P. The summed E-state index contributed by atoms with van der Waals surface area (Å²) in [4.78, 5) is 0. The van der Waals surface area contributed by atoms with Crippen LogP contribution in [0.2, 0.25) is 5.02 Å². The van der Waals surface area contributed by atoms with Crippen LogP contribution in [0.4, 0.5) is 0 Å². The molecule has 0 aliphatic heterocycles. The van der Waals surface area contributed by atoms with Crippen LogP contribution in [0, 0.1) is 0 Å². The SMILES string of the molecule is Cl.Pc1cccc(Cl)c1. The quantitative estimate of drug-likeness (QED) is 0.538. The van der Waals surface area contributed by atoms with Gasteiger partial charge in [0, 0.05) is 5.02 Å². The Balaban J connectivity index is 0.000000640. The second-order valence-electron chi connectivity index (χ2n) is 1.56. The summed E-state index contributed by atoms with van der Waals surface area (Å²) in [6.07, 6.45) is 0. The molecule has 0 spiro atoms. The molecule has 3 heteroatoms. The van der Waals surface area contributed by atoms with Crippen LogP contribution in [0.3, 0.4) is 0 Å². The van der Waals surface area contributed by atoms with E-state index in [1.54, 1.807) is 0 Å². The zero-order valence-corrected chi connectivity index (χ0v) is 7.40. The van der Waals surface area contributed by atoms with Crippen LogP contribution in [0.15, 0.2) is 24.3 Å². The summed E-state index contributed by atoms with van der Waals surface area (Å²) in [6.45, 7) is 0. The van der Waals surface area contributed by atoms with E-state index in [0.717, 1.165) is 10.3 Å². The van der Waals surface area contributed by atoms with Crippen LogP contribution < -0.4 is 5.30 Å². The lowest BCUT2D eigenvalue weighted by Crippen LogP contribution is -1.84. The van der Waals surface area contributed by atoms with Crippen molar-refractivity contribution in [2.75, 3.05) is 0 Å². The Labute approximate surface area is 68.2 Å². The van der Waals surface area contributed by atoms with Crippen molar-refractivity contribution >= 4 is 38.6 Å². The molecule has 0 saturated carbocycles. The monoisotopic (exact) mass is 180 g/mol. The number of rotatable bonds is 0. The first-order valence-electron chi connectivity index (χ1n) is 2.30. The fraction of sp³-hybridized carbons (Fsp3) is 0. The summed E-state index contributed by atoms with van der Waals surface area (Å²) in [6, 6.07) is 7.66. The molecule has 0 saturated heterocycles. The summed E-state index contributed by atoms with van der Waals surface area (Å²) in [5, 5.41) is 1.91. The lowest BCUT2D eigenvalue weighted by atomic mass is 10.4. The van der Waals surface area contributed by atoms with Gasteiger partial charge in [-0.3, -0.25) is 0 Å². The molecule has 0 N–H and O–H groups in total. The largest absolute Gasteiger partial charge is 0.147 e. The van der Waals surface area contributed by atoms with Crippen molar-refractivity contribution in [1.82, 2.24) is 0 Å². The zero-order chi connectivity index (χ0) is 5.98. The highest BCUT2D eigenvalue weighted by Gasteiger charge is 1.83. The first kappa shape index (κ1) is 9.23. The molecule has 0 nitrogen and oxygen atoms in total. The van der Waals surface area contributed by atoms with Crippen molar-refractivity contribution in [3.63, 3.8) is 0 Å². The van der Waals surface area contributed by atoms with Crippen LogP contribution in [0.5, 0.6) is 0 Å². The average Bonchev–Trinajstić information content (AvgIpc) is 1.64. The molecule has 50 valence electrons. The van der Waals surface area contributed by atoms with Crippen LogP contribution in [-0.4, -0.2) is 0 Å². The van der Waals surface area contributed by atoms with Crippen molar-refractivity contribution in [3.8, 4) is 0 Å². The molecule has 1 aromatic carbocycles. The Kier molecular flexibility index (Phi) is 4.22. The van der Waals surface area contributed by atoms with E-state index in [0.29, 0.717) is 0 Å². The van der Waals surface area contributed by atoms with Gasteiger partial charge in [-0.2, -0.15) is 0 Å². The van der Waals surface area contributed by atoms with Crippen LogP contribution >= 0.6 is 33.2 Å². The maximum Gasteiger partial charge on any atom is 0.0412 e. The van der Waals surface area contributed by atoms with Crippen molar-refractivity contribution in [2.45, 2.75) is 0 Å². The summed E-state index contributed by atoms with van der Waals surface area (Å²) < 4.78 is 0. The highest BCUT2D eigenvalue weighted by atomic mass is 35.5. The second kappa shape index (κ2) is 4.11. The third-order valence-electron chi connectivity index (χ3n) is 0.849. The van der Waals surface area contributed by atoms with Gasteiger partial charge in [0.15, 0.2) is 0 Å². The van der Waals surface area contributed by atoms with Gasteiger partial charge >= 0.3 is 0 Å². The van der Waals surface area contributed by atoms with Crippen LogP contribution in [0.25, 0.3) is 0 Å². The maximum absolute atomic E-state index is 5.63. The molecule has 0 aliphatic rings. The molecule has 0 aliphatic carbocycles. The average molecular weight is 181 g/mol. The van der Waals surface area contributed by atoms with E-state index in [-0.39, 0.29) is 12.4 Å². The lowest BCUT2D eigenvalue weighted by molar-refractivity contribution is 1.77. The lowest BCUT2D eigenvalue weighted by Gasteiger charge is -1.88. The molecule has 0 bridgehead atoms. The fourth-order valence-corrected chi connectivity index (χ4v) is 1.10. The Hall–Kier alpha value is 0.230. The van der Waals surface area contributed by atoms with Gasteiger partial charge < -0.3 is 0 Å². The minimum Gasteiger partial charge on any atom is -0.147 e. The van der Waals surface area contributed by atoms with Gasteiger partial charge in [0.2, 0.25) is 0 Å². The number of benzene rings is 1. The van der Waals surface area contributed by atoms with Crippen molar-refractivity contribution in [1.29, 1.82) is 0 Å². The topological polar surface area (TPSA) is 0 Å². The molecule has 1 rings (SSSR count). The van der Waals surface area contributed by atoms with Crippen LogP contribution in [-0.2, 0) is 0 Å². The van der Waals surface area contributed by atoms with Gasteiger partial charge in [0.05, 0.1) is 0 Å². The van der Waals surface area contributed by atoms with Gasteiger partial charge in [-0.25, -0.2) is 0 Å². The summed E-state index contributed by atoms with van der Waals surface area (Å²) in [5.41, 5.74) is 0. The Morgan fingerprint density at radius 3 is 2.33 bits per heavy atom. The first-order chi connectivity index (χ1) is 3.79. The van der Waals surface area contributed by atoms with Gasteiger partial charge in [-0.1, -0.05) is 23.7 Å². The molecule has 1 unspecified atom stereocenters. The van der Waals surface area contributed by atoms with E-state index in [4.69, 9.17) is 11.6 Å². The fourth-order valence-electron chi connectivity index (χ4n) is 0.507. The summed E-state index contributed by atoms with van der Waals surface area (Å²) >= 11 is 5.63. The third kappa shape index (κ3) is 3.05.